The molecule has 0 aliphatic heterocycles. The van der Waals surface area contributed by atoms with E-state index < -0.39 is 0 Å². The van der Waals surface area contributed by atoms with Crippen molar-refractivity contribution in [1.82, 2.24) is 0 Å². The normalized spacial score (nSPS) is 8.82. The third-order valence-electron chi connectivity index (χ3n) is 1.31. The van der Waals surface area contributed by atoms with E-state index in [-0.39, 0.29) is 0 Å². The molecule has 0 amide bonds. The number of nitriles is 1. The average Bonchev–Trinajstić information content (AvgIpc) is 2.04. The molecule has 1 rings (SSSR count). The van der Waals surface area contributed by atoms with E-state index in [2.05, 4.69) is 28.7 Å². The maximum Gasteiger partial charge on any atom is 0.137 e. The van der Waals surface area contributed by atoms with E-state index >= 15 is 0 Å². The minimum atomic E-state index is 0.607. The highest BCUT2D eigenvalue weighted by atomic mass is 127. The minimum Gasteiger partial charge on any atom is -0.495 e. The predicted octanol–water partition coefficient (Wildman–Crippen LogP) is 2.17. The van der Waals surface area contributed by atoms with Gasteiger partial charge in [0.25, 0.3) is 0 Å². The third-order valence-corrected chi connectivity index (χ3v) is 2.21. The zero-order valence-corrected chi connectivity index (χ0v) is 8.12. The molecular weight excluding hydrogens is 253 g/mol. The molecule has 0 aromatic heterocycles. The zero-order chi connectivity index (χ0) is 8.27. The van der Waals surface area contributed by atoms with E-state index in [9.17, 15) is 0 Å². The average molecular weight is 259 g/mol. The lowest BCUT2D eigenvalue weighted by molar-refractivity contribution is 0.413. The highest BCUT2D eigenvalue weighted by Gasteiger charge is 2.03. The Hall–Kier alpha value is -0.760. The summed E-state index contributed by atoms with van der Waals surface area (Å²) in [6.45, 7) is 0. The molecule has 0 radical (unpaired) electrons. The molecule has 0 aliphatic rings. The van der Waals surface area contributed by atoms with Gasteiger partial charge in [0.1, 0.15) is 17.4 Å². The largest absolute Gasteiger partial charge is 0.495 e. The van der Waals surface area contributed by atoms with Gasteiger partial charge in [0.2, 0.25) is 0 Å². The van der Waals surface area contributed by atoms with Gasteiger partial charge in [-0.2, -0.15) is 5.26 Å². The Balaban J connectivity index is 3.27. The molecule has 0 spiro atoms. The van der Waals surface area contributed by atoms with Gasteiger partial charge in [-0.1, -0.05) is 6.07 Å². The van der Waals surface area contributed by atoms with Gasteiger partial charge < -0.3 is 4.74 Å². The molecule has 0 saturated heterocycles. The molecule has 1 aromatic carbocycles. The van der Waals surface area contributed by atoms with Crippen molar-refractivity contribution in [2.24, 2.45) is 0 Å². The van der Waals surface area contributed by atoms with E-state index in [0.717, 1.165) is 3.57 Å². The number of ether oxygens (including phenoxy) is 1. The monoisotopic (exact) mass is 259 g/mol. The van der Waals surface area contributed by atoms with Crippen molar-refractivity contribution >= 4 is 22.6 Å². The Labute approximate surface area is 78.9 Å². The standard InChI is InChI=1S/C8H6INO/c1-11-8-4-2-3-7(9)6(8)5-10/h2-4H,1H3. The second-order valence-corrected chi connectivity index (χ2v) is 3.09. The maximum atomic E-state index is 8.70. The van der Waals surface area contributed by atoms with Crippen molar-refractivity contribution in [3.05, 3.63) is 27.3 Å². The summed E-state index contributed by atoms with van der Waals surface area (Å²) in [6, 6.07) is 7.60. The summed E-state index contributed by atoms with van der Waals surface area (Å²) >= 11 is 2.11. The summed E-state index contributed by atoms with van der Waals surface area (Å²) < 4.78 is 5.91. The molecule has 0 atom stereocenters. The van der Waals surface area contributed by atoms with Crippen LogP contribution in [0.15, 0.2) is 18.2 Å². The Morgan fingerprint density at radius 1 is 1.55 bits per heavy atom. The smallest absolute Gasteiger partial charge is 0.137 e. The maximum absolute atomic E-state index is 8.70. The zero-order valence-electron chi connectivity index (χ0n) is 5.97. The summed E-state index contributed by atoms with van der Waals surface area (Å²) in [5.41, 5.74) is 0.607. The van der Waals surface area contributed by atoms with Crippen LogP contribution in [0.1, 0.15) is 5.56 Å². The SMILES string of the molecule is COc1cccc(I)c1C#N. The van der Waals surface area contributed by atoms with Crippen LogP contribution in [0.25, 0.3) is 0 Å². The third kappa shape index (κ3) is 1.63. The van der Waals surface area contributed by atoms with E-state index in [0.29, 0.717) is 11.3 Å². The van der Waals surface area contributed by atoms with Crippen LogP contribution in [-0.2, 0) is 0 Å². The van der Waals surface area contributed by atoms with Crippen molar-refractivity contribution in [3.63, 3.8) is 0 Å². The van der Waals surface area contributed by atoms with Crippen LogP contribution < -0.4 is 4.74 Å². The van der Waals surface area contributed by atoms with Crippen LogP contribution in [0, 0.1) is 14.9 Å². The lowest BCUT2D eigenvalue weighted by Gasteiger charge is -2.02. The molecule has 0 N–H and O–H groups in total. The molecule has 3 heteroatoms. The fraction of sp³-hybridized carbons (Fsp3) is 0.125. The van der Waals surface area contributed by atoms with Gasteiger partial charge >= 0.3 is 0 Å². The number of benzene rings is 1. The van der Waals surface area contributed by atoms with E-state index in [1.54, 1.807) is 13.2 Å². The van der Waals surface area contributed by atoms with Gasteiger partial charge in [-0.25, -0.2) is 0 Å². The molecular formula is C8H6INO. The first-order valence-corrected chi connectivity index (χ1v) is 4.10. The molecule has 0 fully saturated rings. The molecule has 0 bridgehead atoms. The number of methoxy groups -OCH3 is 1. The van der Waals surface area contributed by atoms with E-state index in [1.807, 2.05) is 12.1 Å². The fourth-order valence-electron chi connectivity index (χ4n) is 0.783. The van der Waals surface area contributed by atoms with Crippen LogP contribution in [0.2, 0.25) is 0 Å². The summed E-state index contributed by atoms with van der Waals surface area (Å²) in [5, 5.41) is 8.70. The number of rotatable bonds is 1. The van der Waals surface area contributed by atoms with Crippen molar-refractivity contribution in [2.75, 3.05) is 7.11 Å². The highest BCUT2D eigenvalue weighted by molar-refractivity contribution is 14.1. The quantitative estimate of drug-likeness (QED) is 0.724. The van der Waals surface area contributed by atoms with Crippen molar-refractivity contribution in [2.45, 2.75) is 0 Å². The van der Waals surface area contributed by atoms with Crippen LogP contribution in [-0.4, -0.2) is 7.11 Å². The molecule has 0 heterocycles. The first-order chi connectivity index (χ1) is 5.29. The van der Waals surface area contributed by atoms with Crippen LogP contribution in [0.5, 0.6) is 5.75 Å². The summed E-state index contributed by atoms with van der Waals surface area (Å²) in [7, 11) is 1.56. The lowest BCUT2D eigenvalue weighted by atomic mass is 10.2. The predicted molar refractivity (Wildman–Crippen MR) is 50.4 cm³/mol. The van der Waals surface area contributed by atoms with Crippen molar-refractivity contribution in [3.8, 4) is 11.8 Å². The van der Waals surface area contributed by atoms with Gasteiger partial charge in [-0.3, -0.25) is 0 Å². The van der Waals surface area contributed by atoms with Gasteiger partial charge in [-0.05, 0) is 34.7 Å². The topological polar surface area (TPSA) is 33.0 Å². The van der Waals surface area contributed by atoms with E-state index in [4.69, 9.17) is 10.00 Å². The highest BCUT2D eigenvalue weighted by Crippen LogP contribution is 2.21. The van der Waals surface area contributed by atoms with Gasteiger partial charge in [-0.15, -0.1) is 0 Å². The Morgan fingerprint density at radius 2 is 2.27 bits per heavy atom. The van der Waals surface area contributed by atoms with Gasteiger partial charge in [0, 0.05) is 3.57 Å². The van der Waals surface area contributed by atoms with Crippen LogP contribution in [0.4, 0.5) is 0 Å². The molecule has 0 aliphatic carbocycles. The summed E-state index contributed by atoms with van der Waals surface area (Å²) in [5.74, 6) is 0.638. The van der Waals surface area contributed by atoms with Gasteiger partial charge in [0.05, 0.1) is 7.11 Å². The fourth-order valence-corrected chi connectivity index (χ4v) is 1.38. The first-order valence-electron chi connectivity index (χ1n) is 3.02. The minimum absolute atomic E-state index is 0.607. The Kier molecular flexibility index (Phi) is 2.71. The second-order valence-electron chi connectivity index (χ2n) is 1.93. The number of halogens is 1. The summed E-state index contributed by atoms with van der Waals surface area (Å²) in [4.78, 5) is 0. The van der Waals surface area contributed by atoms with E-state index in [1.165, 1.54) is 0 Å². The molecule has 0 saturated carbocycles. The molecule has 2 nitrogen and oxygen atoms in total. The van der Waals surface area contributed by atoms with Crippen LogP contribution in [0.3, 0.4) is 0 Å². The molecule has 0 unspecified atom stereocenters. The number of hydrogen-bond acceptors (Lipinski definition) is 2. The van der Waals surface area contributed by atoms with Crippen molar-refractivity contribution in [1.29, 1.82) is 5.26 Å². The summed E-state index contributed by atoms with van der Waals surface area (Å²) in [6.07, 6.45) is 0. The molecule has 56 valence electrons. The van der Waals surface area contributed by atoms with Crippen LogP contribution >= 0.6 is 22.6 Å². The number of hydrogen-bond donors (Lipinski definition) is 0. The Bertz CT molecular complexity index is 303. The van der Waals surface area contributed by atoms with Crippen molar-refractivity contribution < 1.29 is 4.74 Å². The lowest BCUT2D eigenvalue weighted by Crippen LogP contribution is -1.89. The first kappa shape index (κ1) is 8.34. The molecule has 1 aromatic rings. The number of nitrogens with zero attached hydrogens (tertiary/aromatic N) is 1. The Morgan fingerprint density at radius 3 is 2.73 bits per heavy atom. The van der Waals surface area contributed by atoms with Gasteiger partial charge in [0.15, 0.2) is 0 Å². The molecule has 11 heavy (non-hydrogen) atoms. The second kappa shape index (κ2) is 3.58.